The molecule has 0 bridgehead atoms. The average molecular weight is 350 g/mol. The van der Waals surface area contributed by atoms with E-state index in [0.717, 1.165) is 4.90 Å². The third-order valence-corrected chi connectivity index (χ3v) is 4.12. The van der Waals surface area contributed by atoms with Gasteiger partial charge in [0, 0.05) is 0 Å². The van der Waals surface area contributed by atoms with Crippen LogP contribution in [-0.2, 0) is 9.59 Å². The van der Waals surface area contributed by atoms with Crippen LogP contribution >= 0.6 is 34.8 Å². The number of carbonyl (C=O) groups is 3. The van der Waals surface area contributed by atoms with Gasteiger partial charge in [-0.2, -0.15) is 0 Å². The molecule has 5 nitrogen and oxygen atoms in total. The SMILES string of the molecule is CC(C)C1C(=O)NC(=O)N(c2cc(Cl)c(Cl)cc2Cl)C1=O. The van der Waals surface area contributed by atoms with Crippen LogP contribution in [0, 0.1) is 11.8 Å². The number of nitrogens with one attached hydrogen (secondary N) is 1. The Kier molecular flexibility index (Phi) is 4.46. The Morgan fingerprint density at radius 1 is 1.05 bits per heavy atom. The number of imide groups is 2. The maximum Gasteiger partial charge on any atom is 0.335 e. The fourth-order valence-electron chi connectivity index (χ4n) is 2.09. The second kappa shape index (κ2) is 5.83. The summed E-state index contributed by atoms with van der Waals surface area (Å²) in [5, 5.41) is 2.58. The van der Waals surface area contributed by atoms with Gasteiger partial charge in [-0.25, -0.2) is 9.69 Å². The Balaban J connectivity index is 2.52. The normalized spacial score (nSPS) is 19.2. The Bertz CT molecular complexity index is 646. The molecule has 21 heavy (non-hydrogen) atoms. The zero-order valence-corrected chi connectivity index (χ0v) is 13.4. The lowest BCUT2D eigenvalue weighted by Gasteiger charge is -2.32. The molecule has 1 aromatic rings. The van der Waals surface area contributed by atoms with E-state index in [1.54, 1.807) is 13.8 Å². The van der Waals surface area contributed by atoms with Crippen molar-refractivity contribution in [3.05, 3.63) is 27.2 Å². The van der Waals surface area contributed by atoms with Crippen LogP contribution in [0.3, 0.4) is 0 Å². The summed E-state index contributed by atoms with van der Waals surface area (Å²) in [6.45, 7) is 3.43. The van der Waals surface area contributed by atoms with Crippen molar-refractivity contribution >= 4 is 58.3 Å². The number of barbiturate groups is 1. The first-order chi connectivity index (χ1) is 9.73. The molecule has 1 heterocycles. The molecule has 1 aliphatic heterocycles. The molecule has 1 fully saturated rings. The van der Waals surface area contributed by atoms with Crippen molar-refractivity contribution in [1.29, 1.82) is 0 Å². The number of rotatable bonds is 2. The van der Waals surface area contributed by atoms with Crippen molar-refractivity contribution < 1.29 is 14.4 Å². The predicted octanol–water partition coefficient (Wildman–Crippen LogP) is 3.50. The fourth-order valence-corrected chi connectivity index (χ4v) is 2.72. The quantitative estimate of drug-likeness (QED) is 0.656. The zero-order valence-electron chi connectivity index (χ0n) is 11.1. The summed E-state index contributed by atoms with van der Waals surface area (Å²) in [6, 6.07) is 1.79. The molecule has 1 unspecified atom stereocenters. The fraction of sp³-hybridized carbons (Fsp3) is 0.308. The third-order valence-electron chi connectivity index (χ3n) is 3.10. The van der Waals surface area contributed by atoms with Crippen molar-refractivity contribution in [2.75, 3.05) is 4.90 Å². The summed E-state index contributed by atoms with van der Waals surface area (Å²) in [5.41, 5.74) is 0.0896. The summed E-state index contributed by atoms with van der Waals surface area (Å²) < 4.78 is 0. The summed E-state index contributed by atoms with van der Waals surface area (Å²) in [4.78, 5) is 37.0. The van der Waals surface area contributed by atoms with E-state index < -0.39 is 23.8 Å². The number of benzene rings is 1. The molecule has 112 valence electrons. The molecule has 4 amide bonds. The molecule has 1 aliphatic rings. The standard InChI is InChI=1S/C13H11Cl3N2O3/c1-5(2)10-11(19)17-13(21)18(12(10)20)9-4-7(15)6(14)3-8(9)16/h3-5,10H,1-2H3,(H,17,19,21). The minimum atomic E-state index is -0.965. The number of halogens is 3. The molecule has 0 radical (unpaired) electrons. The molecule has 1 saturated heterocycles. The molecular formula is C13H11Cl3N2O3. The van der Waals surface area contributed by atoms with Crippen molar-refractivity contribution in [2.45, 2.75) is 13.8 Å². The van der Waals surface area contributed by atoms with Crippen molar-refractivity contribution in [2.24, 2.45) is 11.8 Å². The van der Waals surface area contributed by atoms with Crippen LogP contribution in [0.15, 0.2) is 12.1 Å². The minimum absolute atomic E-state index is 0.0877. The summed E-state index contributed by atoms with van der Waals surface area (Å²) >= 11 is 17.8. The van der Waals surface area contributed by atoms with E-state index in [9.17, 15) is 14.4 Å². The molecular weight excluding hydrogens is 339 g/mol. The van der Waals surface area contributed by atoms with Gasteiger partial charge in [-0.3, -0.25) is 14.9 Å². The highest BCUT2D eigenvalue weighted by atomic mass is 35.5. The van der Waals surface area contributed by atoms with E-state index in [4.69, 9.17) is 34.8 Å². The lowest BCUT2D eigenvalue weighted by atomic mass is 9.92. The topological polar surface area (TPSA) is 66.5 Å². The number of hydrogen-bond donors (Lipinski definition) is 1. The smallest absolute Gasteiger partial charge is 0.277 e. The van der Waals surface area contributed by atoms with Crippen LogP contribution in [-0.4, -0.2) is 17.8 Å². The number of amides is 4. The van der Waals surface area contributed by atoms with Crippen LogP contribution in [0.4, 0.5) is 10.5 Å². The molecule has 1 aromatic carbocycles. The van der Waals surface area contributed by atoms with Gasteiger partial charge in [0.25, 0.3) is 0 Å². The first-order valence-corrected chi connectivity index (χ1v) is 7.20. The van der Waals surface area contributed by atoms with E-state index in [0.29, 0.717) is 0 Å². The Morgan fingerprint density at radius 2 is 1.62 bits per heavy atom. The van der Waals surface area contributed by atoms with Gasteiger partial charge >= 0.3 is 6.03 Å². The van der Waals surface area contributed by atoms with Crippen LogP contribution in [0.25, 0.3) is 0 Å². The van der Waals surface area contributed by atoms with E-state index in [2.05, 4.69) is 5.32 Å². The van der Waals surface area contributed by atoms with E-state index in [1.165, 1.54) is 12.1 Å². The first kappa shape index (κ1) is 16.1. The zero-order chi connectivity index (χ0) is 15.9. The molecule has 2 rings (SSSR count). The first-order valence-electron chi connectivity index (χ1n) is 6.07. The van der Waals surface area contributed by atoms with Gasteiger partial charge in [-0.05, 0) is 18.1 Å². The summed E-state index contributed by atoms with van der Waals surface area (Å²) in [7, 11) is 0. The van der Waals surface area contributed by atoms with E-state index in [1.807, 2.05) is 0 Å². The molecule has 8 heteroatoms. The average Bonchev–Trinajstić information content (AvgIpc) is 2.34. The van der Waals surface area contributed by atoms with Crippen molar-refractivity contribution in [3.8, 4) is 0 Å². The van der Waals surface area contributed by atoms with Crippen LogP contribution in [0.1, 0.15) is 13.8 Å². The van der Waals surface area contributed by atoms with Gasteiger partial charge in [0.2, 0.25) is 11.8 Å². The molecule has 0 saturated carbocycles. The number of nitrogens with zero attached hydrogens (tertiary/aromatic N) is 1. The number of anilines is 1. The van der Waals surface area contributed by atoms with Crippen LogP contribution in [0.2, 0.25) is 15.1 Å². The highest BCUT2D eigenvalue weighted by Gasteiger charge is 2.43. The van der Waals surface area contributed by atoms with Gasteiger partial charge in [0.1, 0.15) is 5.92 Å². The molecule has 0 aliphatic carbocycles. The Hall–Kier alpha value is -1.30. The van der Waals surface area contributed by atoms with Gasteiger partial charge in [0.15, 0.2) is 0 Å². The Labute approximate surface area is 136 Å². The Morgan fingerprint density at radius 3 is 2.19 bits per heavy atom. The van der Waals surface area contributed by atoms with Crippen LogP contribution < -0.4 is 10.2 Å². The van der Waals surface area contributed by atoms with E-state index in [-0.39, 0.29) is 26.7 Å². The number of carbonyl (C=O) groups excluding carboxylic acids is 3. The number of urea groups is 1. The lowest BCUT2D eigenvalue weighted by Crippen LogP contribution is -2.59. The predicted molar refractivity (Wildman–Crippen MR) is 80.8 cm³/mol. The summed E-state index contributed by atoms with van der Waals surface area (Å²) in [6.07, 6.45) is 0. The van der Waals surface area contributed by atoms with Crippen LogP contribution in [0.5, 0.6) is 0 Å². The monoisotopic (exact) mass is 348 g/mol. The van der Waals surface area contributed by atoms with Gasteiger partial charge in [-0.15, -0.1) is 0 Å². The second-order valence-electron chi connectivity index (χ2n) is 4.91. The largest absolute Gasteiger partial charge is 0.335 e. The van der Waals surface area contributed by atoms with E-state index >= 15 is 0 Å². The molecule has 1 atom stereocenters. The second-order valence-corrected chi connectivity index (χ2v) is 6.13. The van der Waals surface area contributed by atoms with Gasteiger partial charge in [0.05, 0.1) is 20.8 Å². The van der Waals surface area contributed by atoms with Crippen molar-refractivity contribution in [1.82, 2.24) is 5.32 Å². The minimum Gasteiger partial charge on any atom is -0.277 e. The summed E-state index contributed by atoms with van der Waals surface area (Å²) in [5.74, 6) is -2.49. The lowest BCUT2D eigenvalue weighted by molar-refractivity contribution is -0.136. The molecule has 0 spiro atoms. The highest BCUT2D eigenvalue weighted by molar-refractivity contribution is 6.44. The van der Waals surface area contributed by atoms with Crippen molar-refractivity contribution in [3.63, 3.8) is 0 Å². The number of hydrogen-bond acceptors (Lipinski definition) is 3. The highest BCUT2D eigenvalue weighted by Crippen LogP contribution is 2.36. The third kappa shape index (κ3) is 2.86. The maximum atomic E-state index is 12.4. The van der Waals surface area contributed by atoms with Gasteiger partial charge in [-0.1, -0.05) is 48.7 Å². The maximum absolute atomic E-state index is 12.4. The van der Waals surface area contributed by atoms with Gasteiger partial charge < -0.3 is 0 Å². The molecule has 1 N–H and O–H groups in total. The molecule has 0 aromatic heterocycles.